The lowest BCUT2D eigenvalue weighted by atomic mass is 10.2. The Kier molecular flexibility index (Phi) is 7.27. The molecule has 1 N–H and O–H groups in total. The second kappa shape index (κ2) is 8.22. The number of aliphatic imine (C=N–C) groups is 2. The van der Waals surface area contributed by atoms with Crippen LogP contribution >= 0.6 is 104 Å². The molecular weight excluding hydrogens is 529 g/mol. The zero-order chi connectivity index (χ0) is 19.8. The van der Waals surface area contributed by atoms with Crippen LogP contribution in [0.25, 0.3) is 6.08 Å². The molecule has 1 aliphatic heterocycles. The van der Waals surface area contributed by atoms with Crippen LogP contribution in [0.1, 0.15) is 5.56 Å². The van der Waals surface area contributed by atoms with Gasteiger partial charge in [0.15, 0.2) is 5.84 Å². The molecule has 0 aromatic heterocycles. The molecule has 0 unspecified atom stereocenters. The molecule has 3 nitrogen and oxygen atoms in total. The zero-order valence-electron chi connectivity index (χ0n) is 12.3. The molecule has 0 spiro atoms. The van der Waals surface area contributed by atoms with Gasteiger partial charge in [-0.2, -0.15) is 0 Å². The van der Waals surface area contributed by atoms with E-state index in [1.807, 2.05) is 30.3 Å². The minimum Gasteiger partial charge on any atom is -0.325 e. The third-order valence-electron chi connectivity index (χ3n) is 3.09. The number of hydrogen-bond donors (Lipinski definition) is 1. The van der Waals surface area contributed by atoms with Gasteiger partial charge in [0.25, 0.3) is 0 Å². The highest BCUT2D eigenvalue weighted by molar-refractivity contribution is 6.77. The van der Waals surface area contributed by atoms with Crippen LogP contribution in [0.15, 0.2) is 46.4 Å². The predicted octanol–water partition coefficient (Wildman–Crippen LogP) is 6.91. The average molecular weight is 537 g/mol. The molecule has 0 saturated carbocycles. The monoisotopic (exact) mass is 533 g/mol. The van der Waals surface area contributed by atoms with Gasteiger partial charge in [0.2, 0.25) is 17.0 Å². The highest BCUT2D eigenvalue weighted by Gasteiger charge is 2.64. The molecule has 142 valence electrons. The van der Waals surface area contributed by atoms with Crippen molar-refractivity contribution in [2.24, 2.45) is 9.98 Å². The summed E-state index contributed by atoms with van der Waals surface area (Å²) in [6.07, 6.45) is 3.26. The Morgan fingerprint density at radius 1 is 0.769 bits per heavy atom. The Morgan fingerprint density at radius 2 is 1.31 bits per heavy atom. The third kappa shape index (κ3) is 5.20. The maximum Gasteiger partial charge on any atom is 0.247 e. The number of hydrogen-bond acceptors (Lipinski definition) is 3. The molecule has 0 fully saturated rings. The fourth-order valence-corrected chi connectivity index (χ4v) is 3.97. The number of nitrogens with one attached hydrogen (secondary N) is 1. The van der Waals surface area contributed by atoms with E-state index in [-0.39, 0.29) is 11.7 Å². The van der Waals surface area contributed by atoms with E-state index in [9.17, 15) is 0 Å². The summed E-state index contributed by atoms with van der Waals surface area (Å²) < 4.78 is -6.56. The topological polar surface area (TPSA) is 36.8 Å². The quantitative estimate of drug-likeness (QED) is 0.410. The summed E-state index contributed by atoms with van der Waals surface area (Å²) in [5, 5.41) is 2.73. The lowest BCUT2D eigenvalue weighted by molar-refractivity contribution is 0.458. The highest BCUT2D eigenvalue weighted by atomic mass is 35.6. The van der Waals surface area contributed by atoms with Gasteiger partial charge in [0.05, 0.1) is 0 Å². The normalized spacial score (nSPS) is 18.3. The van der Waals surface area contributed by atoms with E-state index in [2.05, 4.69) is 15.3 Å². The molecule has 1 aliphatic rings. The smallest absolute Gasteiger partial charge is 0.247 e. The van der Waals surface area contributed by atoms with E-state index in [1.165, 1.54) is 0 Å². The summed E-state index contributed by atoms with van der Waals surface area (Å²) in [5.74, 6) is -0.106. The van der Waals surface area contributed by atoms with Crippen molar-refractivity contribution in [3.05, 3.63) is 42.0 Å². The van der Waals surface area contributed by atoms with Crippen LogP contribution in [0, 0.1) is 0 Å². The molecule has 0 radical (unpaired) electrons. The van der Waals surface area contributed by atoms with Crippen LogP contribution in [-0.4, -0.2) is 28.7 Å². The Balaban J connectivity index is 2.59. The van der Waals surface area contributed by atoms with E-state index in [1.54, 1.807) is 12.2 Å². The minimum absolute atomic E-state index is 0.114. The van der Waals surface area contributed by atoms with Crippen molar-refractivity contribution in [3.63, 3.8) is 0 Å². The predicted molar refractivity (Wildman–Crippen MR) is 117 cm³/mol. The molecule has 26 heavy (non-hydrogen) atoms. The first-order valence-electron chi connectivity index (χ1n) is 6.67. The number of nitrogens with zero attached hydrogens (tertiary/aromatic N) is 2. The maximum absolute atomic E-state index is 6.03. The van der Waals surface area contributed by atoms with Crippen molar-refractivity contribution in [3.8, 4) is 0 Å². The van der Waals surface area contributed by atoms with Gasteiger partial charge < -0.3 is 5.32 Å². The molecule has 0 atom stereocenters. The molecule has 1 heterocycles. The van der Waals surface area contributed by atoms with Gasteiger partial charge in [0.1, 0.15) is 5.84 Å². The summed E-state index contributed by atoms with van der Waals surface area (Å²) in [6, 6.07) is 9.31. The Labute approximate surface area is 195 Å². The summed E-state index contributed by atoms with van der Waals surface area (Å²) in [4.78, 5) is 8.23. The zero-order valence-corrected chi connectivity index (χ0v) is 19.1. The molecule has 0 bridgehead atoms. The molecule has 1 aromatic carbocycles. The van der Waals surface area contributed by atoms with E-state index in [4.69, 9.17) is 104 Å². The van der Waals surface area contributed by atoms with Crippen LogP contribution < -0.4 is 5.32 Å². The van der Waals surface area contributed by atoms with Crippen molar-refractivity contribution < 1.29 is 0 Å². The summed E-state index contributed by atoms with van der Waals surface area (Å²) >= 11 is 54.0. The molecule has 12 heteroatoms. The van der Waals surface area contributed by atoms with Crippen LogP contribution in [-0.2, 0) is 0 Å². The Hall–Kier alpha value is 0.710. The standard InChI is InChI=1S/C14H8Cl9N3/c15-11(16,17)10-24-9(7-6-8-4-2-1-3-5-8)25-12(26-10,13(18,19)20)14(21,22)23/h1-7H,(H,24,25,26). The second-order valence-corrected chi connectivity index (χ2v) is 11.8. The van der Waals surface area contributed by atoms with Gasteiger partial charge in [-0.25, -0.2) is 9.98 Å². The van der Waals surface area contributed by atoms with Crippen molar-refractivity contribution in [2.75, 3.05) is 0 Å². The summed E-state index contributed by atoms with van der Waals surface area (Å²) in [6.45, 7) is 0. The van der Waals surface area contributed by atoms with Crippen LogP contribution in [0.5, 0.6) is 0 Å². The fourth-order valence-electron chi connectivity index (χ4n) is 1.91. The van der Waals surface area contributed by atoms with Crippen molar-refractivity contribution in [1.29, 1.82) is 0 Å². The van der Waals surface area contributed by atoms with Gasteiger partial charge in [0, 0.05) is 0 Å². The first-order chi connectivity index (χ1) is 11.8. The van der Waals surface area contributed by atoms with Gasteiger partial charge >= 0.3 is 0 Å². The molecule has 2 rings (SSSR count). The lowest BCUT2D eigenvalue weighted by Gasteiger charge is -2.41. The number of alkyl halides is 9. The van der Waals surface area contributed by atoms with Crippen molar-refractivity contribution in [2.45, 2.75) is 17.0 Å². The fraction of sp³-hybridized carbons (Fsp3) is 0.286. The van der Waals surface area contributed by atoms with Crippen LogP contribution in [0.4, 0.5) is 0 Å². The first kappa shape index (κ1) is 23.0. The van der Waals surface area contributed by atoms with Gasteiger partial charge in [-0.3, -0.25) is 0 Å². The summed E-state index contributed by atoms with van der Waals surface area (Å²) in [7, 11) is 0. The van der Waals surface area contributed by atoms with Crippen molar-refractivity contribution in [1.82, 2.24) is 5.32 Å². The maximum atomic E-state index is 6.03. The molecule has 0 saturated heterocycles. The van der Waals surface area contributed by atoms with E-state index >= 15 is 0 Å². The third-order valence-corrected chi connectivity index (χ3v) is 5.21. The second-order valence-electron chi connectivity index (χ2n) is 4.99. The van der Waals surface area contributed by atoms with E-state index in [0.717, 1.165) is 5.56 Å². The number of amidine groups is 2. The lowest BCUT2D eigenvalue weighted by Crippen LogP contribution is -2.57. The van der Waals surface area contributed by atoms with Gasteiger partial charge in [-0.05, 0) is 11.6 Å². The van der Waals surface area contributed by atoms with Crippen molar-refractivity contribution >= 4 is 122 Å². The Morgan fingerprint density at radius 3 is 1.77 bits per heavy atom. The number of halogens is 9. The molecule has 1 aromatic rings. The van der Waals surface area contributed by atoms with Crippen LogP contribution in [0.3, 0.4) is 0 Å². The molecule has 0 aliphatic carbocycles. The number of benzene rings is 1. The molecular formula is C14H8Cl9N3. The largest absolute Gasteiger partial charge is 0.325 e. The Bertz CT molecular complexity index is 726. The van der Waals surface area contributed by atoms with E-state index < -0.39 is 17.0 Å². The first-order valence-corrected chi connectivity index (χ1v) is 10.1. The van der Waals surface area contributed by atoms with Gasteiger partial charge in [-0.15, -0.1) is 0 Å². The minimum atomic E-state index is -2.27. The summed E-state index contributed by atoms with van der Waals surface area (Å²) in [5.41, 5.74) is -1.33. The molecule has 0 amide bonds. The SMILES string of the molecule is ClC(Cl)(Cl)C1=NC(C(Cl)(Cl)Cl)(C(Cl)(Cl)Cl)N=C(C=Cc2ccccc2)N1. The van der Waals surface area contributed by atoms with Gasteiger partial charge in [-0.1, -0.05) is 141 Å². The highest BCUT2D eigenvalue weighted by Crippen LogP contribution is 2.56. The van der Waals surface area contributed by atoms with Crippen LogP contribution in [0.2, 0.25) is 0 Å². The average Bonchev–Trinajstić information content (AvgIpc) is 2.50. The van der Waals surface area contributed by atoms with E-state index in [0.29, 0.717) is 0 Å². The number of rotatable bonds is 2.